The van der Waals surface area contributed by atoms with Gasteiger partial charge in [0.05, 0.1) is 0 Å². The van der Waals surface area contributed by atoms with Crippen LogP contribution in [-0.2, 0) is 4.79 Å². The first-order chi connectivity index (χ1) is 8.15. The van der Waals surface area contributed by atoms with Crippen LogP contribution in [0.25, 0.3) is 6.08 Å². The summed E-state index contributed by atoms with van der Waals surface area (Å²) in [5, 5.41) is 0. The van der Waals surface area contributed by atoms with Crippen molar-refractivity contribution in [1.29, 1.82) is 0 Å². The Morgan fingerprint density at radius 2 is 2.00 bits per heavy atom. The Hall–Kier alpha value is -1.23. The second kappa shape index (κ2) is 6.64. The molecule has 2 rings (SSSR count). The van der Waals surface area contributed by atoms with E-state index in [1.54, 1.807) is 6.08 Å². The number of rotatable bonds is 3. The van der Waals surface area contributed by atoms with Crippen molar-refractivity contribution in [1.82, 2.24) is 0 Å². The third kappa shape index (κ3) is 3.91. The molecule has 0 aliphatic carbocycles. The number of primary amides is 1. The van der Waals surface area contributed by atoms with E-state index in [1.165, 1.54) is 6.08 Å². The van der Waals surface area contributed by atoms with Crippen molar-refractivity contribution < 1.29 is 14.3 Å². The normalized spacial score (nSPS) is 13.5. The van der Waals surface area contributed by atoms with E-state index in [2.05, 4.69) is 0 Å². The Balaban J connectivity index is 0.00000162. The molecule has 0 radical (unpaired) electrons. The zero-order valence-corrected chi connectivity index (χ0v) is 9.47. The van der Waals surface area contributed by atoms with Gasteiger partial charge >= 0.3 is 29.6 Å². The molecule has 1 heterocycles. The van der Waals surface area contributed by atoms with Crippen molar-refractivity contribution in [3.05, 3.63) is 41.5 Å². The first-order valence-corrected chi connectivity index (χ1v) is 5.20. The Labute approximate surface area is 128 Å². The van der Waals surface area contributed by atoms with E-state index in [0.717, 1.165) is 22.6 Å². The van der Waals surface area contributed by atoms with E-state index in [9.17, 15) is 4.79 Å². The van der Waals surface area contributed by atoms with Crippen molar-refractivity contribution in [2.75, 3.05) is 6.79 Å². The van der Waals surface area contributed by atoms with Crippen LogP contribution in [-0.4, -0.2) is 42.3 Å². The number of allylic oxidation sites excluding steroid dienone is 2. The van der Waals surface area contributed by atoms with E-state index >= 15 is 0 Å². The Bertz CT molecular complexity index is 509. The maximum absolute atomic E-state index is 10.6. The molecule has 5 heteroatoms. The summed E-state index contributed by atoms with van der Waals surface area (Å²) >= 11 is 0. The van der Waals surface area contributed by atoms with Gasteiger partial charge in [-0.25, -0.2) is 0 Å². The average molecular weight is 255 g/mol. The summed E-state index contributed by atoms with van der Waals surface area (Å²) in [6.45, 7) is 2.16. The van der Waals surface area contributed by atoms with Gasteiger partial charge in [-0.2, -0.15) is 0 Å². The van der Waals surface area contributed by atoms with Crippen LogP contribution in [0, 0.1) is 0 Å². The van der Waals surface area contributed by atoms with Crippen LogP contribution in [0.5, 0.6) is 11.5 Å². The van der Waals surface area contributed by atoms with Crippen molar-refractivity contribution in [2.24, 2.45) is 5.73 Å². The molecule has 18 heavy (non-hydrogen) atoms. The molecule has 0 saturated carbocycles. The van der Waals surface area contributed by atoms with E-state index in [4.69, 9.17) is 15.2 Å². The van der Waals surface area contributed by atoms with E-state index in [0.29, 0.717) is 0 Å². The van der Waals surface area contributed by atoms with Gasteiger partial charge in [-0.3, -0.25) is 4.79 Å². The molecule has 0 atom stereocenters. The van der Waals surface area contributed by atoms with Crippen LogP contribution in [0.1, 0.15) is 12.5 Å². The summed E-state index contributed by atoms with van der Waals surface area (Å²) < 4.78 is 10.5. The van der Waals surface area contributed by atoms with Crippen LogP contribution in [0.4, 0.5) is 0 Å². The van der Waals surface area contributed by atoms with Crippen molar-refractivity contribution in [3.63, 3.8) is 0 Å². The summed E-state index contributed by atoms with van der Waals surface area (Å²) in [7, 11) is 0. The van der Waals surface area contributed by atoms with Gasteiger partial charge < -0.3 is 15.2 Å². The molecule has 1 aliphatic heterocycles. The Kier molecular flexibility index (Phi) is 5.47. The number of carbonyl (C=O) groups is 1. The molecular weight excluding hydrogens is 241 g/mol. The molecule has 1 aromatic carbocycles. The number of fused-ring (bicyclic) bond motifs is 1. The second-order valence-corrected chi connectivity index (χ2v) is 3.74. The molecule has 0 fully saturated rings. The van der Waals surface area contributed by atoms with Crippen LogP contribution in [0.2, 0.25) is 0 Å². The third-order valence-corrected chi connectivity index (χ3v) is 2.30. The van der Waals surface area contributed by atoms with E-state index < -0.39 is 5.91 Å². The van der Waals surface area contributed by atoms with Crippen LogP contribution in [0.15, 0.2) is 35.9 Å². The minimum atomic E-state index is -0.455. The number of hydrogen-bond donors (Lipinski definition) is 1. The predicted molar refractivity (Wildman–Crippen MR) is 71.7 cm³/mol. The number of ether oxygens (including phenoxy) is 2. The van der Waals surface area contributed by atoms with Crippen molar-refractivity contribution in [2.45, 2.75) is 6.92 Å². The molecule has 2 N–H and O–H groups in total. The van der Waals surface area contributed by atoms with Gasteiger partial charge in [0.25, 0.3) is 0 Å². The number of nitrogens with two attached hydrogens (primary N) is 1. The molecule has 0 aromatic heterocycles. The van der Waals surface area contributed by atoms with Crippen LogP contribution < -0.4 is 15.2 Å². The predicted octanol–water partition coefficient (Wildman–Crippen LogP) is 1.21. The number of benzene rings is 1. The quantitative estimate of drug-likeness (QED) is 0.501. The standard InChI is InChI=1S/C13H13NO3.Na.H/c1-9(2-5-13(14)15)6-10-3-4-11-12(7-10)17-8-16-11;;/h2-7H,8H2,1H3,(H2,14,15);;. The van der Waals surface area contributed by atoms with Gasteiger partial charge in [-0.05, 0) is 24.6 Å². The van der Waals surface area contributed by atoms with Gasteiger partial charge in [0.1, 0.15) is 0 Å². The zero-order chi connectivity index (χ0) is 12.3. The molecule has 0 saturated heterocycles. The third-order valence-electron chi connectivity index (χ3n) is 2.30. The Morgan fingerprint density at radius 1 is 1.28 bits per heavy atom. The molecule has 4 nitrogen and oxygen atoms in total. The summed E-state index contributed by atoms with van der Waals surface area (Å²) in [4.78, 5) is 10.6. The van der Waals surface area contributed by atoms with E-state index in [-0.39, 0.29) is 36.4 Å². The van der Waals surface area contributed by atoms with Crippen molar-refractivity contribution in [3.8, 4) is 11.5 Å². The fraction of sp³-hybridized carbons (Fsp3) is 0.154. The monoisotopic (exact) mass is 255 g/mol. The Morgan fingerprint density at radius 3 is 2.72 bits per heavy atom. The molecule has 90 valence electrons. The molecular formula is C13H14NNaO3. The number of carbonyl (C=O) groups excluding carboxylic acids is 1. The van der Waals surface area contributed by atoms with Crippen molar-refractivity contribution >= 4 is 41.5 Å². The maximum atomic E-state index is 10.6. The van der Waals surface area contributed by atoms with Gasteiger partial charge in [0.15, 0.2) is 11.5 Å². The first kappa shape index (κ1) is 14.8. The van der Waals surface area contributed by atoms with Gasteiger partial charge in [-0.1, -0.05) is 23.8 Å². The molecule has 0 spiro atoms. The minimum absolute atomic E-state index is 0. The van der Waals surface area contributed by atoms with Crippen LogP contribution in [0.3, 0.4) is 0 Å². The molecule has 1 aliphatic rings. The van der Waals surface area contributed by atoms with Gasteiger partial charge in [0.2, 0.25) is 12.7 Å². The zero-order valence-electron chi connectivity index (χ0n) is 9.47. The summed E-state index contributed by atoms with van der Waals surface area (Å²) in [5.74, 6) is 1.04. The molecule has 1 aromatic rings. The first-order valence-electron chi connectivity index (χ1n) is 5.20. The summed E-state index contributed by atoms with van der Waals surface area (Å²) in [5.41, 5.74) is 6.94. The van der Waals surface area contributed by atoms with E-state index in [1.807, 2.05) is 31.2 Å². The van der Waals surface area contributed by atoms with Gasteiger partial charge in [-0.15, -0.1) is 0 Å². The molecule has 0 unspecified atom stereocenters. The molecule has 0 bridgehead atoms. The SMILES string of the molecule is CC(C=CC(N)=O)=Cc1ccc2c(c1)OCO2.[NaH]. The number of hydrogen-bond acceptors (Lipinski definition) is 3. The summed E-state index contributed by atoms with van der Waals surface area (Å²) in [6.07, 6.45) is 4.94. The number of amides is 1. The topological polar surface area (TPSA) is 61.6 Å². The fourth-order valence-corrected chi connectivity index (χ4v) is 1.53. The molecule has 1 amide bonds. The average Bonchev–Trinajstić information content (AvgIpc) is 2.73. The second-order valence-electron chi connectivity index (χ2n) is 3.74. The van der Waals surface area contributed by atoms with Gasteiger partial charge in [0, 0.05) is 6.08 Å². The van der Waals surface area contributed by atoms with Crippen LogP contribution >= 0.6 is 0 Å². The fourth-order valence-electron chi connectivity index (χ4n) is 1.53. The summed E-state index contributed by atoms with van der Waals surface area (Å²) in [6, 6.07) is 5.68.